The average molecular weight is 411 g/mol. The minimum Gasteiger partial charge on any atom is -0.392 e. The molecule has 0 radical (unpaired) electrons. The molecule has 126 valence electrons. The second-order valence-electron chi connectivity index (χ2n) is 5.78. The third-order valence-corrected chi connectivity index (χ3v) is 5.21. The lowest BCUT2D eigenvalue weighted by Gasteiger charge is -2.14. The van der Waals surface area contributed by atoms with E-state index in [0.717, 1.165) is 29.5 Å². The van der Waals surface area contributed by atoms with E-state index in [1.54, 1.807) is 30.5 Å². The molecule has 1 fully saturated rings. The first-order chi connectivity index (χ1) is 11.5. The van der Waals surface area contributed by atoms with Crippen LogP contribution in [-0.2, 0) is 6.54 Å². The van der Waals surface area contributed by atoms with E-state index in [1.807, 2.05) is 6.07 Å². The van der Waals surface area contributed by atoms with Gasteiger partial charge in [0.05, 0.1) is 16.8 Å². The quantitative estimate of drug-likeness (QED) is 0.811. The van der Waals surface area contributed by atoms with Gasteiger partial charge in [0.1, 0.15) is 5.69 Å². The Labute approximate surface area is 153 Å². The number of amides is 1. The highest BCUT2D eigenvalue weighted by Crippen LogP contribution is 2.30. The summed E-state index contributed by atoms with van der Waals surface area (Å²) in [5.74, 6) is -0.307. The second-order valence-corrected chi connectivity index (χ2v) is 7.02. The third-order valence-electron chi connectivity index (χ3n) is 3.91. The fourth-order valence-electron chi connectivity index (χ4n) is 2.65. The molecule has 0 saturated carbocycles. The van der Waals surface area contributed by atoms with E-state index in [9.17, 15) is 9.90 Å². The summed E-state index contributed by atoms with van der Waals surface area (Å²) in [4.78, 5) is 18.7. The highest BCUT2D eigenvalue weighted by atomic mass is 79.9. The van der Waals surface area contributed by atoms with Crippen molar-refractivity contribution in [2.45, 2.75) is 19.1 Å². The first-order valence-electron chi connectivity index (χ1n) is 7.63. The fourth-order valence-corrected chi connectivity index (χ4v) is 3.19. The zero-order chi connectivity index (χ0) is 17.1. The van der Waals surface area contributed by atoms with Crippen LogP contribution in [0.2, 0.25) is 5.02 Å². The van der Waals surface area contributed by atoms with Crippen LogP contribution in [0.5, 0.6) is 0 Å². The maximum Gasteiger partial charge on any atom is 0.274 e. The molecule has 7 heteroatoms. The maximum absolute atomic E-state index is 12.3. The van der Waals surface area contributed by atoms with Gasteiger partial charge in [0.2, 0.25) is 0 Å². The van der Waals surface area contributed by atoms with Crippen LogP contribution < -0.4 is 5.32 Å². The van der Waals surface area contributed by atoms with Crippen molar-refractivity contribution in [1.29, 1.82) is 0 Å². The number of aliphatic hydroxyl groups excluding tert-OH is 1. The van der Waals surface area contributed by atoms with Crippen molar-refractivity contribution in [2.24, 2.45) is 0 Å². The van der Waals surface area contributed by atoms with Crippen LogP contribution in [0.15, 0.2) is 41.0 Å². The minimum absolute atomic E-state index is 0.238. The number of likely N-dealkylation sites (tertiary alicyclic amines) is 1. The van der Waals surface area contributed by atoms with Gasteiger partial charge in [-0.15, -0.1) is 0 Å². The van der Waals surface area contributed by atoms with Gasteiger partial charge in [0.15, 0.2) is 0 Å². The summed E-state index contributed by atoms with van der Waals surface area (Å²) in [6.07, 6.45) is 2.27. The number of carbonyl (C=O) groups is 1. The van der Waals surface area contributed by atoms with Crippen molar-refractivity contribution in [3.8, 4) is 0 Å². The van der Waals surface area contributed by atoms with Crippen LogP contribution in [0.4, 0.5) is 5.69 Å². The summed E-state index contributed by atoms with van der Waals surface area (Å²) in [6.45, 7) is 2.29. The van der Waals surface area contributed by atoms with E-state index < -0.39 is 0 Å². The lowest BCUT2D eigenvalue weighted by Crippen LogP contribution is -2.21. The third kappa shape index (κ3) is 4.13. The van der Waals surface area contributed by atoms with Crippen molar-refractivity contribution in [3.63, 3.8) is 0 Å². The molecule has 1 saturated heterocycles. The van der Waals surface area contributed by atoms with Crippen molar-refractivity contribution in [3.05, 3.63) is 57.3 Å². The largest absolute Gasteiger partial charge is 0.392 e. The van der Waals surface area contributed by atoms with Crippen LogP contribution in [0.3, 0.4) is 0 Å². The topological polar surface area (TPSA) is 65.5 Å². The van der Waals surface area contributed by atoms with Crippen LogP contribution in [0.1, 0.15) is 22.5 Å². The smallest absolute Gasteiger partial charge is 0.274 e. The van der Waals surface area contributed by atoms with Crippen LogP contribution in [0, 0.1) is 0 Å². The number of benzene rings is 1. The molecule has 2 aromatic rings. The number of halogens is 2. The summed E-state index contributed by atoms with van der Waals surface area (Å²) < 4.78 is 0.720. The number of aromatic nitrogens is 1. The molecule has 24 heavy (non-hydrogen) atoms. The molecule has 0 aliphatic carbocycles. The molecule has 1 unspecified atom stereocenters. The van der Waals surface area contributed by atoms with E-state index >= 15 is 0 Å². The zero-order valence-electron chi connectivity index (χ0n) is 12.9. The predicted octanol–water partition coefficient (Wildman–Crippen LogP) is 3.32. The molecule has 1 aliphatic rings. The monoisotopic (exact) mass is 409 g/mol. The number of nitrogens with zero attached hydrogens (tertiary/aromatic N) is 2. The molecule has 1 aromatic carbocycles. The summed E-state index contributed by atoms with van der Waals surface area (Å²) >= 11 is 9.48. The number of aliphatic hydroxyl groups is 1. The van der Waals surface area contributed by atoms with Gasteiger partial charge in [-0.2, -0.15) is 0 Å². The number of nitrogens with one attached hydrogen (secondary N) is 1. The summed E-state index contributed by atoms with van der Waals surface area (Å²) in [7, 11) is 0. The van der Waals surface area contributed by atoms with Crippen molar-refractivity contribution in [2.75, 3.05) is 18.4 Å². The number of hydrogen-bond acceptors (Lipinski definition) is 4. The molecule has 5 nitrogen and oxygen atoms in total. The summed E-state index contributed by atoms with van der Waals surface area (Å²) in [5, 5.41) is 12.8. The second kappa shape index (κ2) is 7.61. The Morgan fingerprint density at radius 2 is 2.25 bits per heavy atom. The van der Waals surface area contributed by atoms with E-state index in [0.29, 0.717) is 22.9 Å². The Balaban J connectivity index is 1.64. The SMILES string of the molecule is O=C(Nc1cccc(Br)c1Cl)c1ccc(CN2CCC(O)C2)cn1. The van der Waals surface area contributed by atoms with Crippen molar-refractivity contribution < 1.29 is 9.90 Å². The molecule has 1 aliphatic heterocycles. The molecule has 2 heterocycles. The van der Waals surface area contributed by atoms with Gasteiger partial charge in [-0.05, 0) is 46.1 Å². The Bertz CT molecular complexity index is 739. The van der Waals surface area contributed by atoms with Gasteiger partial charge in [-0.3, -0.25) is 14.7 Å². The molecular formula is C17H17BrClN3O2. The Hall–Kier alpha value is -1.47. The van der Waals surface area contributed by atoms with Gasteiger partial charge in [0, 0.05) is 30.3 Å². The Morgan fingerprint density at radius 3 is 2.92 bits per heavy atom. The molecule has 0 spiro atoms. The number of β-amino-alcohol motifs (C(OH)–C–C–N with tert-alkyl or cyclic N) is 1. The minimum atomic E-state index is -0.307. The number of rotatable bonds is 4. The van der Waals surface area contributed by atoms with Crippen LogP contribution in [0.25, 0.3) is 0 Å². The summed E-state index contributed by atoms with van der Waals surface area (Å²) in [6, 6.07) is 8.92. The summed E-state index contributed by atoms with van der Waals surface area (Å²) in [5.41, 5.74) is 1.88. The van der Waals surface area contributed by atoms with E-state index in [4.69, 9.17) is 11.6 Å². The van der Waals surface area contributed by atoms with Crippen LogP contribution >= 0.6 is 27.5 Å². The van der Waals surface area contributed by atoms with Crippen molar-refractivity contribution in [1.82, 2.24) is 9.88 Å². The zero-order valence-corrected chi connectivity index (χ0v) is 15.2. The highest BCUT2D eigenvalue weighted by molar-refractivity contribution is 9.10. The number of pyridine rings is 1. The Kier molecular flexibility index (Phi) is 5.50. The lowest BCUT2D eigenvalue weighted by atomic mass is 10.2. The normalized spacial score (nSPS) is 17.9. The molecule has 2 N–H and O–H groups in total. The first kappa shape index (κ1) is 17.4. The number of anilines is 1. The predicted molar refractivity (Wildman–Crippen MR) is 97.2 cm³/mol. The average Bonchev–Trinajstić information content (AvgIpc) is 2.97. The lowest BCUT2D eigenvalue weighted by molar-refractivity contribution is 0.102. The van der Waals surface area contributed by atoms with E-state index in [1.165, 1.54) is 0 Å². The molecule has 0 bridgehead atoms. The maximum atomic E-state index is 12.3. The van der Waals surface area contributed by atoms with Gasteiger partial charge in [0.25, 0.3) is 5.91 Å². The number of carbonyl (C=O) groups excluding carboxylic acids is 1. The highest BCUT2D eigenvalue weighted by Gasteiger charge is 2.20. The van der Waals surface area contributed by atoms with E-state index in [-0.39, 0.29) is 12.0 Å². The molecule has 1 aromatic heterocycles. The number of hydrogen-bond donors (Lipinski definition) is 2. The van der Waals surface area contributed by atoms with Crippen LogP contribution in [-0.4, -0.2) is 40.1 Å². The van der Waals surface area contributed by atoms with Gasteiger partial charge in [-0.25, -0.2) is 0 Å². The first-order valence-corrected chi connectivity index (χ1v) is 8.81. The van der Waals surface area contributed by atoms with Gasteiger partial charge in [-0.1, -0.05) is 23.7 Å². The van der Waals surface area contributed by atoms with E-state index in [2.05, 4.69) is 31.1 Å². The Morgan fingerprint density at radius 1 is 1.42 bits per heavy atom. The van der Waals surface area contributed by atoms with Gasteiger partial charge >= 0.3 is 0 Å². The molecule has 1 atom stereocenters. The molecular weight excluding hydrogens is 394 g/mol. The standard InChI is InChI=1S/C17H17BrClN3O2/c18-13-2-1-3-14(16(13)19)21-17(24)15-5-4-11(8-20-15)9-22-7-6-12(23)10-22/h1-5,8,12,23H,6-7,9-10H2,(H,21,24). The van der Waals surface area contributed by atoms with Crippen molar-refractivity contribution >= 4 is 39.1 Å². The van der Waals surface area contributed by atoms with Gasteiger partial charge < -0.3 is 10.4 Å². The molecule has 1 amide bonds. The molecule has 3 rings (SSSR count). The fraction of sp³-hybridized carbons (Fsp3) is 0.294.